The van der Waals surface area contributed by atoms with E-state index in [0.29, 0.717) is 6.42 Å². The quantitative estimate of drug-likeness (QED) is 0.320. The fraction of sp³-hybridized carbons (Fsp3) is 0.611. The van der Waals surface area contributed by atoms with Crippen molar-refractivity contribution in [1.29, 1.82) is 0 Å². The standard InChI is InChI=1S/C10H16O.C6H14O2.C2H4/c1-9(2)5-4-6-10(3)7-8-11;1-4-7-6(3)8-5-2;1-2/h8H,1,3-7H2,2H3;6H,4-5H2,1-3H3;1-2H2. The molecule has 0 aliphatic heterocycles. The SMILES string of the molecule is C=C.C=C(C)CCCC(=C)CC=O.CCOC(C)OCC. The zero-order valence-electron chi connectivity index (χ0n) is 14.5. The Hall–Kier alpha value is -1.19. The van der Waals surface area contributed by atoms with Crippen LogP contribution < -0.4 is 0 Å². The zero-order valence-corrected chi connectivity index (χ0v) is 14.5. The summed E-state index contributed by atoms with van der Waals surface area (Å²) in [5.74, 6) is 0. The number of hydrogen-bond acceptors (Lipinski definition) is 3. The van der Waals surface area contributed by atoms with Crippen LogP contribution in [-0.4, -0.2) is 25.8 Å². The molecule has 0 aliphatic rings. The molecule has 21 heavy (non-hydrogen) atoms. The number of ether oxygens (including phenoxy) is 2. The Morgan fingerprint density at radius 2 is 1.57 bits per heavy atom. The van der Waals surface area contributed by atoms with Crippen LogP contribution in [0.3, 0.4) is 0 Å². The Morgan fingerprint density at radius 3 is 1.90 bits per heavy atom. The van der Waals surface area contributed by atoms with E-state index >= 15 is 0 Å². The molecule has 0 heterocycles. The van der Waals surface area contributed by atoms with Gasteiger partial charge in [0.2, 0.25) is 0 Å². The van der Waals surface area contributed by atoms with Crippen LogP contribution in [0.4, 0.5) is 0 Å². The molecule has 0 amide bonds. The van der Waals surface area contributed by atoms with Gasteiger partial charge in [0.05, 0.1) is 0 Å². The Labute approximate surface area is 131 Å². The highest BCUT2D eigenvalue weighted by Gasteiger charge is 1.95. The Morgan fingerprint density at radius 1 is 1.10 bits per heavy atom. The van der Waals surface area contributed by atoms with Gasteiger partial charge < -0.3 is 14.3 Å². The third kappa shape index (κ3) is 27.9. The highest BCUT2D eigenvalue weighted by atomic mass is 16.7. The molecule has 0 atom stereocenters. The van der Waals surface area contributed by atoms with Crippen molar-refractivity contribution in [2.24, 2.45) is 0 Å². The first-order chi connectivity index (χ1) is 9.97. The second kappa shape index (κ2) is 21.1. The van der Waals surface area contributed by atoms with Crippen molar-refractivity contribution < 1.29 is 14.3 Å². The van der Waals surface area contributed by atoms with Crippen LogP contribution >= 0.6 is 0 Å². The maximum Gasteiger partial charge on any atom is 0.154 e. The monoisotopic (exact) mass is 298 g/mol. The van der Waals surface area contributed by atoms with E-state index in [2.05, 4.69) is 26.3 Å². The molecule has 0 aromatic rings. The first-order valence-electron chi connectivity index (χ1n) is 7.45. The molecule has 124 valence electrons. The summed E-state index contributed by atoms with van der Waals surface area (Å²) in [6, 6.07) is 0. The van der Waals surface area contributed by atoms with Crippen LogP contribution in [0.25, 0.3) is 0 Å². The molecule has 0 saturated carbocycles. The van der Waals surface area contributed by atoms with Crippen molar-refractivity contribution in [3.05, 3.63) is 37.5 Å². The van der Waals surface area contributed by atoms with Crippen molar-refractivity contribution in [3.8, 4) is 0 Å². The van der Waals surface area contributed by atoms with Gasteiger partial charge in [-0.2, -0.15) is 0 Å². The number of hydrogen-bond donors (Lipinski definition) is 0. The molecule has 3 nitrogen and oxygen atoms in total. The molecular formula is C18H34O3. The van der Waals surface area contributed by atoms with Crippen molar-refractivity contribution in [3.63, 3.8) is 0 Å². The molecular weight excluding hydrogens is 264 g/mol. The van der Waals surface area contributed by atoms with E-state index in [4.69, 9.17) is 9.47 Å². The topological polar surface area (TPSA) is 35.5 Å². The van der Waals surface area contributed by atoms with Crippen LogP contribution in [0.5, 0.6) is 0 Å². The van der Waals surface area contributed by atoms with Gasteiger partial charge in [-0.25, -0.2) is 0 Å². The number of rotatable bonds is 10. The average molecular weight is 298 g/mol. The van der Waals surface area contributed by atoms with E-state index in [1.807, 2.05) is 27.7 Å². The smallest absolute Gasteiger partial charge is 0.154 e. The largest absolute Gasteiger partial charge is 0.353 e. The van der Waals surface area contributed by atoms with Gasteiger partial charge in [-0.1, -0.05) is 17.7 Å². The summed E-state index contributed by atoms with van der Waals surface area (Å²) in [7, 11) is 0. The van der Waals surface area contributed by atoms with E-state index in [0.717, 1.165) is 44.3 Å². The molecule has 0 spiro atoms. The first-order valence-corrected chi connectivity index (χ1v) is 7.45. The summed E-state index contributed by atoms with van der Waals surface area (Å²) in [6.45, 7) is 22.8. The van der Waals surface area contributed by atoms with Gasteiger partial charge in [-0.3, -0.25) is 0 Å². The van der Waals surface area contributed by atoms with Gasteiger partial charge >= 0.3 is 0 Å². The molecule has 0 unspecified atom stereocenters. The molecule has 3 heteroatoms. The summed E-state index contributed by atoms with van der Waals surface area (Å²) in [5.41, 5.74) is 2.23. The lowest BCUT2D eigenvalue weighted by Crippen LogP contribution is -2.11. The van der Waals surface area contributed by atoms with Crippen LogP contribution in [-0.2, 0) is 14.3 Å². The summed E-state index contributed by atoms with van der Waals surface area (Å²) >= 11 is 0. The lowest BCUT2D eigenvalue weighted by molar-refractivity contribution is -0.123. The summed E-state index contributed by atoms with van der Waals surface area (Å²) in [5, 5.41) is 0. The third-order valence-electron chi connectivity index (χ3n) is 2.31. The summed E-state index contributed by atoms with van der Waals surface area (Å²) in [6.07, 6.45) is 4.44. The minimum Gasteiger partial charge on any atom is -0.353 e. The average Bonchev–Trinajstić information content (AvgIpc) is 2.42. The van der Waals surface area contributed by atoms with E-state index in [9.17, 15) is 4.79 Å². The fourth-order valence-electron chi connectivity index (χ4n) is 1.38. The van der Waals surface area contributed by atoms with Gasteiger partial charge in [0, 0.05) is 19.6 Å². The van der Waals surface area contributed by atoms with Gasteiger partial charge in [-0.15, -0.1) is 19.7 Å². The Kier molecular flexibility index (Phi) is 24.9. The Balaban J connectivity index is -0.000000286. The molecule has 0 rings (SSSR count). The maximum absolute atomic E-state index is 10.0. The highest BCUT2D eigenvalue weighted by Crippen LogP contribution is 2.10. The first kappa shape index (κ1) is 24.8. The van der Waals surface area contributed by atoms with Crippen LogP contribution in [0.15, 0.2) is 37.5 Å². The third-order valence-corrected chi connectivity index (χ3v) is 2.31. The zero-order chi connectivity index (χ0) is 17.1. The lowest BCUT2D eigenvalue weighted by Gasteiger charge is -2.09. The molecule has 0 radical (unpaired) electrons. The van der Waals surface area contributed by atoms with E-state index in [-0.39, 0.29) is 6.29 Å². The van der Waals surface area contributed by atoms with Crippen LogP contribution in [0.2, 0.25) is 0 Å². The minimum atomic E-state index is -0.0370. The summed E-state index contributed by atoms with van der Waals surface area (Å²) < 4.78 is 10.1. The lowest BCUT2D eigenvalue weighted by atomic mass is 10.1. The van der Waals surface area contributed by atoms with Gasteiger partial charge in [0.1, 0.15) is 6.29 Å². The normalized spacial score (nSPS) is 9.00. The van der Waals surface area contributed by atoms with E-state index in [1.165, 1.54) is 5.57 Å². The second-order valence-electron chi connectivity index (χ2n) is 4.41. The Bertz CT molecular complexity index is 253. The van der Waals surface area contributed by atoms with Crippen molar-refractivity contribution >= 4 is 6.29 Å². The molecule has 0 aliphatic carbocycles. The van der Waals surface area contributed by atoms with Gasteiger partial charge in [-0.05, 0) is 47.0 Å². The fourth-order valence-corrected chi connectivity index (χ4v) is 1.38. The minimum absolute atomic E-state index is 0.0370. The molecule has 0 fully saturated rings. The summed E-state index contributed by atoms with van der Waals surface area (Å²) in [4.78, 5) is 10.0. The van der Waals surface area contributed by atoms with Crippen LogP contribution in [0.1, 0.15) is 53.4 Å². The maximum atomic E-state index is 10.0. The number of carbonyl (C=O) groups is 1. The van der Waals surface area contributed by atoms with Crippen LogP contribution in [0, 0.1) is 0 Å². The molecule has 0 aromatic carbocycles. The second-order valence-corrected chi connectivity index (χ2v) is 4.41. The number of carbonyl (C=O) groups excluding carboxylic acids is 1. The molecule has 0 saturated heterocycles. The van der Waals surface area contributed by atoms with Crippen molar-refractivity contribution in [2.75, 3.05) is 13.2 Å². The predicted molar refractivity (Wildman–Crippen MR) is 92.5 cm³/mol. The highest BCUT2D eigenvalue weighted by molar-refractivity contribution is 5.53. The van der Waals surface area contributed by atoms with Crippen molar-refractivity contribution in [1.82, 2.24) is 0 Å². The number of allylic oxidation sites excluding steroid dienone is 2. The van der Waals surface area contributed by atoms with Gasteiger partial charge in [0.15, 0.2) is 6.29 Å². The molecule has 0 bridgehead atoms. The van der Waals surface area contributed by atoms with Crippen molar-refractivity contribution in [2.45, 2.75) is 59.7 Å². The number of aldehydes is 1. The molecule has 0 aromatic heterocycles. The van der Waals surface area contributed by atoms with Gasteiger partial charge in [0.25, 0.3) is 0 Å². The molecule has 0 N–H and O–H groups in total. The van der Waals surface area contributed by atoms with E-state index < -0.39 is 0 Å². The predicted octanol–water partition coefficient (Wildman–Crippen LogP) is 5.09. The van der Waals surface area contributed by atoms with E-state index in [1.54, 1.807) is 0 Å².